The first-order valence-corrected chi connectivity index (χ1v) is 9.45. The third kappa shape index (κ3) is 7.78. The lowest BCUT2D eigenvalue weighted by Gasteiger charge is -2.12. The first-order valence-electron chi connectivity index (χ1n) is 9.45. The highest BCUT2D eigenvalue weighted by atomic mass is 127. The molecule has 0 radical (unpaired) electrons. The normalized spacial score (nSPS) is 11.3. The van der Waals surface area contributed by atoms with E-state index in [2.05, 4.69) is 62.0 Å². The van der Waals surface area contributed by atoms with Crippen molar-refractivity contribution in [3.63, 3.8) is 0 Å². The van der Waals surface area contributed by atoms with Crippen LogP contribution in [0.5, 0.6) is 0 Å². The third-order valence-electron chi connectivity index (χ3n) is 4.09. The maximum atomic E-state index is 11.5. The maximum Gasteiger partial charge on any atom is 0.222 e. The van der Waals surface area contributed by atoms with Gasteiger partial charge in [0.25, 0.3) is 0 Å². The van der Waals surface area contributed by atoms with Crippen LogP contribution in [0.4, 0.5) is 0 Å². The van der Waals surface area contributed by atoms with Crippen LogP contribution in [0.1, 0.15) is 27.2 Å². The maximum absolute atomic E-state index is 11.5. The highest BCUT2D eigenvalue weighted by Crippen LogP contribution is 2.15. The molecule has 0 bridgehead atoms. The summed E-state index contributed by atoms with van der Waals surface area (Å²) in [5.41, 5.74) is 1.27. The van der Waals surface area contributed by atoms with Crippen LogP contribution in [0.15, 0.2) is 41.5 Å². The van der Waals surface area contributed by atoms with Gasteiger partial charge in [0, 0.05) is 50.4 Å². The van der Waals surface area contributed by atoms with E-state index in [9.17, 15) is 4.79 Å². The van der Waals surface area contributed by atoms with E-state index in [1.807, 2.05) is 20.8 Å². The van der Waals surface area contributed by atoms with Gasteiger partial charge in [0.1, 0.15) is 0 Å². The minimum absolute atomic E-state index is 0. The Labute approximate surface area is 179 Å². The zero-order valence-electron chi connectivity index (χ0n) is 16.5. The van der Waals surface area contributed by atoms with E-state index in [-0.39, 0.29) is 35.8 Å². The van der Waals surface area contributed by atoms with Crippen molar-refractivity contribution in [2.75, 3.05) is 26.2 Å². The summed E-state index contributed by atoms with van der Waals surface area (Å²) < 4.78 is 2.27. The summed E-state index contributed by atoms with van der Waals surface area (Å²) in [6, 6.07) is 10.6. The standard InChI is InChI=1S/C20H31N5O.HI/c1-4-21-20(24-13-12-22-19(26)16(2)3)23-11-7-14-25-15-10-17-8-5-6-9-18(17)25;/h5-6,8-10,15-16H,4,7,11-14H2,1-3H3,(H,22,26)(H2,21,23,24);1H. The van der Waals surface area contributed by atoms with E-state index in [1.165, 1.54) is 10.9 Å². The lowest BCUT2D eigenvalue weighted by atomic mass is 10.2. The number of carbonyl (C=O) groups excluding carboxylic acids is 1. The molecule has 1 aromatic carbocycles. The average Bonchev–Trinajstić information content (AvgIpc) is 3.05. The fraction of sp³-hybridized carbons (Fsp3) is 0.500. The molecule has 2 aromatic rings. The summed E-state index contributed by atoms with van der Waals surface area (Å²) in [5, 5.41) is 10.7. The number of aryl methyl sites for hydroxylation is 1. The molecule has 0 saturated carbocycles. The molecule has 1 aromatic heterocycles. The third-order valence-corrected chi connectivity index (χ3v) is 4.09. The van der Waals surface area contributed by atoms with Crippen LogP contribution in [0.3, 0.4) is 0 Å². The van der Waals surface area contributed by atoms with Crippen LogP contribution in [0.25, 0.3) is 10.9 Å². The van der Waals surface area contributed by atoms with Gasteiger partial charge >= 0.3 is 0 Å². The van der Waals surface area contributed by atoms with Crippen LogP contribution in [0.2, 0.25) is 0 Å². The Hall–Kier alpha value is -1.77. The Balaban J connectivity index is 0.00000364. The van der Waals surface area contributed by atoms with Crippen molar-refractivity contribution >= 4 is 46.7 Å². The van der Waals surface area contributed by atoms with E-state index in [1.54, 1.807) is 0 Å². The average molecular weight is 485 g/mol. The van der Waals surface area contributed by atoms with Gasteiger partial charge in [-0.1, -0.05) is 32.0 Å². The lowest BCUT2D eigenvalue weighted by molar-refractivity contribution is -0.123. The minimum atomic E-state index is 0. The predicted octanol–water partition coefficient (Wildman–Crippen LogP) is 2.98. The lowest BCUT2D eigenvalue weighted by Crippen LogP contribution is -2.42. The van der Waals surface area contributed by atoms with Crippen molar-refractivity contribution in [1.29, 1.82) is 0 Å². The number of benzene rings is 1. The molecular weight excluding hydrogens is 453 g/mol. The molecule has 0 atom stereocenters. The van der Waals surface area contributed by atoms with Crippen molar-refractivity contribution in [2.24, 2.45) is 10.9 Å². The van der Waals surface area contributed by atoms with Gasteiger partial charge in [-0.25, -0.2) is 0 Å². The molecule has 2 rings (SSSR count). The number of nitrogens with zero attached hydrogens (tertiary/aromatic N) is 2. The fourth-order valence-corrected chi connectivity index (χ4v) is 2.68. The molecule has 150 valence electrons. The van der Waals surface area contributed by atoms with Crippen LogP contribution in [0, 0.1) is 5.92 Å². The summed E-state index contributed by atoms with van der Waals surface area (Å²) in [6.07, 6.45) is 3.11. The van der Waals surface area contributed by atoms with Crippen LogP contribution >= 0.6 is 24.0 Å². The molecule has 1 amide bonds. The molecule has 0 saturated heterocycles. The molecule has 27 heavy (non-hydrogen) atoms. The number of carbonyl (C=O) groups is 1. The van der Waals surface area contributed by atoms with Crippen molar-refractivity contribution in [1.82, 2.24) is 20.5 Å². The van der Waals surface area contributed by atoms with Crippen LogP contribution in [-0.2, 0) is 11.3 Å². The first-order chi connectivity index (χ1) is 12.6. The number of hydrogen-bond donors (Lipinski definition) is 3. The topological polar surface area (TPSA) is 70.5 Å². The number of para-hydroxylation sites is 1. The number of amides is 1. The van der Waals surface area contributed by atoms with Gasteiger partial charge in [-0.15, -0.1) is 24.0 Å². The summed E-state index contributed by atoms with van der Waals surface area (Å²) >= 11 is 0. The highest BCUT2D eigenvalue weighted by molar-refractivity contribution is 14.0. The molecule has 0 aliphatic heterocycles. The Bertz CT molecular complexity index is 726. The quantitative estimate of drug-likeness (QED) is 0.222. The SMILES string of the molecule is CCNC(=NCCCn1ccc2ccccc21)NCCNC(=O)C(C)C.I. The van der Waals surface area contributed by atoms with Crippen molar-refractivity contribution in [3.8, 4) is 0 Å². The van der Waals surface area contributed by atoms with Gasteiger partial charge in [-0.2, -0.15) is 0 Å². The number of hydrogen-bond acceptors (Lipinski definition) is 2. The second-order valence-corrected chi connectivity index (χ2v) is 6.55. The molecule has 0 unspecified atom stereocenters. The molecule has 0 aliphatic carbocycles. The van der Waals surface area contributed by atoms with E-state index >= 15 is 0 Å². The molecule has 3 N–H and O–H groups in total. The summed E-state index contributed by atoms with van der Waals surface area (Å²) in [4.78, 5) is 16.2. The molecule has 7 heteroatoms. The molecular formula is C20H32IN5O. The highest BCUT2D eigenvalue weighted by Gasteiger charge is 2.05. The molecule has 0 fully saturated rings. The van der Waals surface area contributed by atoms with Crippen molar-refractivity contribution in [3.05, 3.63) is 36.5 Å². The smallest absolute Gasteiger partial charge is 0.222 e. The second-order valence-electron chi connectivity index (χ2n) is 6.55. The number of aliphatic imine (C=N–C) groups is 1. The Morgan fingerprint density at radius 1 is 1.11 bits per heavy atom. The number of halogens is 1. The van der Waals surface area contributed by atoms with Crippen LogP contribution < -0.4 is 16.0 Å². The molecule has 0 aliphatic rings. The molecule has 1 heterocycles. The predicted molar refractivity (Wildman–Crippen MR) is 124 cm³/mol. The van der Waals surface area contributed by atoms with Gasteiger partial charge in [0.15, 0.2) is 5.96 Å². The monoisotopic (exact) mass is 485 g/mol. The van der Waals surface area contributed by atoms with E-state index < -0.39 is 0 Å². The zero-order valence-corrected chi connectivity index (χ0v) is 18.8. The van der Waals surface area contributed by atoms with Crippen molar-refractivity contribution in [2.45, 2.75) is 33.7 Å². The van der Waals surface area contributed by atoms with E-state index in [4.69, 9.17) is 0 Å². The van der Waals surface area contributed by atoms with E-state index in [0.717, 1.165) is 32.0 Å². The largest absolute Gasteiger partial charge is 0.357 e. The Morgan fingerprint density at radius 2 is 1.85 bits per heavy atom. The summed E-state index contributed by atoms with van der Waals surface area (Å²) in [6.45, 7) is 9.59. The number of aromatic nitrogens is 1. The van der Waals surface area contributed by atoms with Crippen molar-refractivity contribution < 1.29 is 4.79 Å². The van der Waals surface area contributed by atoms with Gasteiger partial charge in [0.05, 0.1) is 0 Å². The van der Waals surface area contributed by atoms with Gasteiger partial charge in [-0.3, -0.25) is 9.79 Å². The van der Waals surface area contributed by atoms with E-state index in [0.29, 0.717) is 13.1 Å². The summed E-state index contributed by atoms with van der Waals surface area (Å²) in [7, 11) is 0. The number of fused-ring (bicyclic) bond motifs is 1. The van der Waals surface area contributed by atoms with Gasteiger partial charge in [-0.05, 0) is 30.9 Å². The zero-order chi connectivity index (χ0) is 18.8. The Kier molecular flexibility index (Phi) is 10.8. The van der Waals surface area contributed by atoms with Gasteiger partial charge in [0.2, 0.25) is 5.91 Å². The number of nitrogens with one attached hydrogen (secondary N) is 3. The minimum Gasteiger partial charge on any atom is -0.357 e. The number of rotatable bonds is 9. The first kappa shape index (κ1) is 23.3. The Morgan fingerprint density at radius 3 is 2.59 bits per heavy atom. The number of guanidine groups is 1. The molecule has 0 spiro atoms. The molecule has 6 nitrogen and oxygen atoms in total. The fourth-order valence-electron chi connectivity index (χ4n) is 2.68. The summed E-state index contributed by atoms with van der Waals surface area (Å²) in [5.74, 6) is 0.887. The second kappa shape index (κ2) is 12.6. The van der Waals surface area contributed by atoms with Gasteiger partial charge < -0.3 is 20.5 Å². The van der Waals surface area contributed by atoms with Crippen LogP contribution in [-0.4, -0.2) is 42.6 Å².